The Bertz CT molecular complexity index is 85.7. The Balaban J connectivity index is 0. The van der Waals surface area contributed by atoms with E-state index in [1.807, 2.05) is 6.92 Å². The molecule has 0 heterocycles. The molecule has 4 nitrogen and oxygen atoms in total. The number of aliphatic hydroxyl groups excluding tert-OH is 3. The van der Waals surface area contributed by atoms with E-state index in [1.54, 1.807) is 6.92 Å². The van der Waals surface area contributed by atoms with Crippen LogP contribution in [0.3, 0.4) is 0 Å². The molecule has 2 unspecified atom stereocenters. The first-order valence-electron chi connectivity index (χ1n) is 4.58. The Hall–Kier alpha value is -0.160. The van der Waals surface area contributed by atoms with Gasteiger partial charge in [0.15, 0.2) is 6.29 Å². The van der Waals surface area contributed by atoms with Gasteiger partial charge in [-0.15, -0.1) is 0 Å². The smallest absolute Gasteiger partial charge is 0.154 e. The second-order valence-electron chi connectivity index (χ2n) is 2.84. The molecule has 0 spiro atoms. The lowest BCUT2D eigenvalue weighted by Crippen LogP contribution is -2.06. The van der Waals surface area contributed by atoms with Crippen molar-refractivity contribution in [3.05, 3.63) is 0 Å². The van der Waals surface area contributed by atoms with Gasteiger partial charge in [-0.05, 0) is 19.8 Å². The van der Waals surface area contributed by atoms with Crippen LogP contribution in [0.2, 0.25) is 0 Å². The van der Waals surface area contributed by atoms with Gasteiger partial charge in [0.2, 0.25) is 0 Å². The molecule has 0 fully saturated rings. The predicted octanol–water partition coefficient (Wildman–Crippen LogP) is 0.501. The van der Waals surface area contributed by atoms with Gasteiger partial charge in [0.25, 0.3) is 0 Å². The molecule has 0 radical (unpaired) electrons. The van der Waals surface area contributed by atoms with E-state index in [2.05, 4.69) is 4.74 Å². The van der Waals surface area contributed by atoms with Crippen molar-refractivity contribution in [2.24, 2.45) is 0 Å². The maximum atomic E-state index is 8.64. The number of methoxy groups -OCH3 is 1. The Morgan fingerprint density at radius 3 is 1.85 bits per heavy atom. The van der Waals surface area contributed by atoms with E-state index in [4.69, 9.17) is 15.3 Å². The fraction of sp³-hybridized carbons (Fsp3) is 1.00. The maximum absolute atomic E-state index is 8.64. The summed E-state index contributed by atoms with van der Waals surface area (Å²) in [5.74, 6) is 0. The van der Waals surface area contributed by atoms with Crippen LogP contribution < -0.4 is 0 Å². The molecule has 0 aliphatic rings. The first kappa shape index (κ1) is 15.3. The molecule has 0 amide bonds. The van der Waals surface area contributed by atoms with E-state index < -0.39 is 6.29 Å². The van der Waals surface area contributed by atoms with E-state index in [0.717, 1.165) is 12.8 Å². The summed E-state index contributed by atoms with van der Waals surface area (Å²) in [6.07, 6.45) is 1.28. The molecular formula is C9H22O4. The van der Waals surface area contributed by atoms with Crippen LogP contribution in [0, 0.1) is 0 Å². The lowest BCUT2D eigenvalue weighted by molar-refractivity contribution is -0.0783. The third-order valence-electron chi connectivity index (χ3n) is 1.35. The van der Waals surface area contributed by atoms with Crippen molar-refractivity contribution < 1.29 is 20.1 Å². The van der Waals surface area contributed by atoms with Gasteiger partial charge in [-0.3, -0.25) is 0 Å². The van der Waals surface area contributed by atoms with Crippen LogP contribution in [0.1, 0.15) is 33.1 Å². The molecule has 0 rings (SSSR count). The second-order valence-corrected chi connectivity index (χ2v) is 2.84. The second kappa shape index (κ2) is 11.8. The fourth-order valence-corrected chi connectivity index (χ4v) is 0.552. The maximum Gasteiger partial charge on any atom is 0.154 e. The molecule has 0 saturated carbocycles. The van der Waals surface area contributed by atoms with Gasteiger partial charge in [-0.1, -0.05) is 13.3 Å². The summed E-state index contributed by atoms with van der Waals surface area (Å²) in [4.78, 5) is 0. The number of rotatable bonds is 5. The standard InChI is InChI=1S/C5H12O2.C4H10O2/c1-3-4-5(6)7-2;1-4(6)2-3-5/h5-6H,3-4H2,1-2H3;4-6H,2-3H2,1H3. The summed E-state index contributed by atoms with van der Waals surface area (Å²) in [7, 11) is 1.50. The molecule has 13 heavy (non-hydrogen) atoms. The summed E-state index contributed by atoms with van der Waals surface area (Å²) >= 11 is 0. The molecule has 0 bridgehead atoms. The highest BCUT2D eigenvalue weighted by atomic mass is 16.6. The van der Waals surface area contributed by atoms with Crippen LogP contribution in [0.4, 0.5) is 0 Å². The first-order chi connectivity index (χ1) is 6.08. The lowest BCUT2D eigenvalue weighted by atomic mass is 10.3. The highest BCUT2D eigenvalue weighted by Crippen LogP contribution is 1.93. The molecule has 0 saturated heterocycles. The van der Waals surface area contributed by atoms with Crippen LogP contribution in [-0.2, 0) is 4.74 Å². The van der Waals surface area contributed by atoms with Gasteiger partial charge in [0, 0.05) is 13.7 Å². The summed E-state index contributed by atoms with van der Waals surface area (Å²) in [5.41, 5.74) is 0. The lowest BCUT2D eigenvalue weighted by Gasteiger charge is -2.03. The minimum atomic E-state index is -0.551. The molecule has 0 aromatic rings. The normalized spacial score (nSPS) is 14.3. The molecule has 0 aromatic carbocycles. The molecule has 0 aliphatic heterocycles. The molecular weight excluding hydrogens is 172 g/mol. The number of aliphatic hydroxyl groups is 3. The van der Waals surface area contributed by atoms with Gasteiger partial charge in [0.05, 0.1) is 6.10 Å². The zero-order valence-corrected chi connectivity index (χ0v) is 8.73. The van der Waals surface area contributed by atoms with Crippen molar-refractivity contribution in [2.45, 2.75) is 45.5 Å². The minimum absolute atomic E-state index is 0.0810. The van der Waals surface area contributed by atoms with E-state index >= 15 is 0 Å². The van der Waals surface area contributed by atoms with Crippen molar-refractivity contribution in [3.63, 3.8) is 0 Å². The van der Waals surface area contributed by atoms with E-state index in [-0.39, 0.29) is 12.7 Å². The van der Waals surface area contributed by atoms with Crippen LogP contribution in [0.5, 0.6) is 0 Å². The summed E-state index contributed by atoms with van der Waals surface area (Å²) in [6, 6.07) is 0. The highest BCUT2D eigenvalue weighted by molar-refractivity contribution is 4.40. The van der Waals surface area contributed by atoms with E-state index in [9.17, 15) is 0 Å². The Labute approximate surface area is 80.2 Å². The summed E-state index contributed by atoms with van der Waals surface area (Å²) < 4.78 is 4.55. The molecule has 0 aliphatic carbocycles. The SMILES string of the molecule is CC(O)CCO.CCCC(O)OC. The monoisotopic (exact) mass is 194 g/mol. The summed E-state index contributed by atoms with van der Waals surface area (Å²) in [5, 5.41) is 25.1. The van der Waals surface area contributed by atoms with Gasteiger partial charge in [-0.2, -0.15) is 0 Å². The van der Waals surface area contributed by atoms with E-state index in [1.165, 1.54) is 7.11 Å². The zero-order valence-electron chi connectivity index (χ0n) is 8.73. The molecule has 2 atom stereocenters. The Morgan fingerprint density at radius 2 is 1.77 bits per heavy atom. The number of hydrogen-bond acceptors (Lipinski definition) is 4. The zero-order chi connectivity index (χ0) is 10.7. The van der Waals surface area contributed by atoms with Gasteiger partial charge in [-0.25, -0.2) is 0 Å². The van der Waals surface area contributed by atoms with Crippen LogP contribution in [0.15, 0.2) is 0 Å². The van der Waals surface area contributed by atoms with Gasteiger partial charge < -0.3 is 20.1 Å². The highest BCUT2D eigenvalue weighted by Gasteiger charge is 1.94. The Morgan fingerprint density at radius 1 is 1.23 bits per heavy atom. The van der Waals surface area contributed by atoms with Crippen LogP contribution >= 0.6 is 0 Å². The molecule has 0 aromatic heterocycles. The largest absolute Gasteiger partial charge is 0.396 e. The van der Waals surface area contributed by atoms with Gasteiger partial charge >= 0.3 is 0 Å². The predicted molar refractivity (Wildman–Crippen MR) is 51.3 cm³/mol. The molecule has 4 heteroatoms. The van der Waals surface area contributed by atoms with Crippen molar-refractivity contribution in [3.8, 4) is 0 Å². The summed E-state index contributed by atoms with van der Waals surface area (Å²) in [6.45, 7) is 3.73. The minimum Gasteiger partial charge on any atom is -0.396 e. The molecule has 3 N–H and O–H groups in total. The fourth-order valence-electron chi connectivity index (χ4n) is 0.552. The van der Waals surface area contributed by atoms with E-state index in [0.29, 0.717) is 6.42 Å². The average molecular weight is 194 g/mol. The van der Waals surface area contributed by atoms with Crippen molar-refractivity contribution in [1.82, 2.24) is 0 Å². The average Bonchev–Trinajstić information content (AvgIpc) is 2.05. The van der Waals surface area contributed by atoms with Crippen molar-refractivity contribution in [2.75, 3.05) is 13.7 Å². The number of hydrogen-bond donors (Lipinski definition) is 3. The molecule has 82 valence electrons. The third-order valence-corrected chi connectivity index (χ3v) is 1.35. The van der Waals surface area contributed by atoms with Crippen LogP contribution in [0.25, 0.3) is 0 Å². The Kier molecular flexibility index (Phi) is 14.0. The van der Waals surface area contributed by atoms with Crippen molar-refractivity contribution >= 4 is 0 Å². The first-order valence-corrected chi connectivity index (χ1v) is 4.58. The van der Waals surface area contributed by atoms with Crippen molar-refractivity contribution in [1.29, 1.82) is 0 Å². The quantitative estimate of drug-likeness (QED) is 0.557. The number of ether oxygens (including phenoxy) is 1. The van der Waals surface area contributed by atoms with Crippen LogP contribution in [-0.4, -0.2) is 41.4 Å². The topological polar surface area (TPSA) is 69.9 Å². The third kappa shape index (κ3) is 18.7. The van der Waals surface area contributed by atoms with Gasteiger partial charge in [0.1, 0.15) is 0 Å².